The zero-order valence-corrected chi connectivity index (χ0v) is 16.6. The fraction of sp³-hybridized carbons (Fsp3) is 0.650. The summed E-state index contributed by atoms with van der Waals surface area (Å²) < 4.78 is 27.5. The Balaban J connectivity index is 1.66. The van der Waals surface area contributed by atoms with Gasteiger partial charge in [-0.2, -0.15) is 4.31 Å². The molecule has 1 aliphatic heterocycles. The van der Waals surface area contributed by atoms with E-state index in [0.717, 1.165) is 25.7 Å². The maximum Gasteiger partial charge on any atom is 0.243 e. The zero-order chi connectivity index (χ0) is 18.7. The van der Waals surface area contributed by atoms with Crippen molar-refractivity contribution in [1.82, 2.24) is 9.62 Å². The van der Waals surface area contributed by atoms with Crippen LogP contribution in [0.4, 0.5) is 0 Å². The molecule has 0 radical (unpaired) electrons. The van der Waals surface area contributed by atoms with Gasteiger partial charge in [0.15, 0.2) is 0 Å². The number of hydrogen-bond donors (Lipinski definition) is 1. The summed E-state index contributed by atoms with van der Waals surface area (Å²) in [7, 11) is -3.47. The quantitative estimate of drug-likeness (QED) is 0.857. The molecule has 0 spiro atoms. The van der Waals surface area contributed by atoms with E-state index in [9.17, 15) is 13.2 Å². The highest BCUT2D eigenvalue weighted by atomic mass is 32.2. The molecule has 1 atom stereocenters. The topological polar surface area (TPSA) is 66.5 Å². The number of rotatable bonds is 5. The SMILES string of the molecule is CC[C@@H](C)NC(=O)C1CCN(S(=O)(=O)c2ccc3c(c2)CCCC3)CC1. The van der Waals surface area contributed by atoms with Crippen molar-refractivity contribution in [2.75, 3.05) is 13.1 Å². The lowest BCUT2D eigenvalue weighted by molar-refractivity contribution is -0.126. The summed E-state index contributed by atoms with van der Waals surface area (Å²) in [6.07, 6.45) is 6.41. The summed E-state index contributed by atoms with van der Waals surface area (Å²) >= 11 is 0. The van der Waals surface area contributed by atoms with Crippen LogP contribution in [-0.4, -0.2) is 37.8 Å². The molecule has 1 fully saturated rings. The molecule has 1 amide bonds. The molecule has 1 heterocycles. The molecule has 0 aromatic heterocycles. The van der Waals surface area contributed by atoms with Gasteiger partial charge < -0.3 is 5.32 Å². The van der Waals surface area contributed by atoms with E-state index in [2.05, 4.69) is 5.32 Å². The van der Waals surface area contributed by atoms with Crippen LogP contribution in [0.5, 0.6) is 0 Å². The molecule has 1 aromatic rings. The van der Waals surface area contributed by atoms with E-state index >= 15 is 0 Å². The lowest BCUT2D eigenvalue weighted by Gasteiger charge is -2.31. The molecule has 1 aliphatic carbocycles. The van der Waals surface area contributed by atoms with Crippen molar-refractivity contribution < 1.29 is 13.2 Å². The van der Waals surface area contributed by atoms with Gasteiger partial charge in [0.25, 0.3) is 0 Å². The molecule has 26 heavy (non-hydrogen) atoms. The first-order valence-corrected chi connectivity index (χ1v) is 11.3. The van der Waals surface area contributed by atoms with Crippen LogP contribution in [0.2, 0.25) is 0 Å². The minimum atomic E-state index is -3.47. The van der Waals surface area contributed by atoms with Crippen molar-refractivity contribution in [2.24, 2.45) is 5.92 Å². The molecular weight excluding hydrogens is 348 g/mol. The Labute approximate surface area is 157 Å². The molecule has 144 valence electrons. The Hall–Kier alpha value is -1.40. The van der Waals surface area contributed by atoms with Gasteiger partial charge >= 0.3 is 0 Å². The summed E-state index contributed by atoms with van der Waals surface area (Å²) in [5.74, 6) is -0.0239. The van der Waals surface area contributed by atoms with Gasteiger partial charge in [0.2, 0.25) is 15.9 Å². The predicted octanol–water partition coefficient (Wildman–Crippen LogP) is 2.88. The van der Waals surface area contributed by atoms with Crippen LogP contribution in [-0.2, 0) is 27.7 Å². The number of aryl methyl sites for hydroxylation is 2. The number of sulfonamides is 1. The molecule has 1 saturated heterocycles. The highest BCUT2D eigenvalue weighted by Crippen LogP contribution is 2.28. The lowest BCUT2D eigenvalue weighted by Crippen LogP contribution is -2.44. The first-order chi connectivity index (χ1) is 12.4. The number of fused-ring (bicyclic) bond motifs is 1. The van der Waals surface area contributed by atoms with Crippen LogP contribution in [0.25, 0.3) is 0 Å². The van der Waals surface area contributed by atoms with Gasteiger partial charge in [0.1, 0.15) is 0 Å². The molecule has 6 heteroatoms. The number of nitrogens with one attached hydrogen (secondary N) is 1. The van der Waals surface area contributed by atoms with Gasteiger partial charge in [-0.15, -0.1) is 0 Å². The third-order valence-electron chi connectivity index (χ3n) is 5.78. The van der Waals surface area contributed by atoms with Crippen LogP contribution >= 0.6 is 0 Å². The normalized spacial score (nSPS) is 20.4. The number of nitrogens with zero attached hydrogens (tertiary/aromatic N) is 1. The fourth-order valence-corrected chi connectivity index (χ4v) is 5.36. The maximum atomic E-state index is 13.0. The van der Waals surface area contributed by atoms with Gasteiger partial charge in [0, 0.05) is 25.0 Å². The molecule has 2 aliphatic rings. The molecule has 0 unspecified atom stereocenters. The van der Waals surface area contributed by atoms with Crippen molar-refractivity contribution >= 4 is 15.9 Å². The van der Waals surface area contributed by atoms with E-state index < -0.39 is 10.0 Å². The average molecular weight is 379 g/mol. The first-order valence-electron chi connectivity index (χ1n) is 9.84. The fourth-order valence-electron chi connectivity index (χ4n) is 3.84. The molecular formula is C20H30N2O3S. The van der Waals surface area contributed by atoms with Crippen LogP contribution in [0.1, 0.15) is 57.1 Å². The monoisotopic (exact) mass is 378 g/mol. The number of carbonyl (C=O) groups excluding carboxylic acids is 1. The molecule has 0 saturated carbocycles. The number of carbonyl (C=O) groups is 1. The van der Waals surface area contributed by atoms with Gasteiger partial charge in [0.05, 0.1) is 4.90 Å². The Morgan fingerprint density at radius 1 is 1.19 bits per heavy atom. The van der Waals surface area contributed by atoms with Crippen molar-refractivity contribution in [3.05, 3.63) is 29.3 Å². The Kier molecular flexibility index (Phi) is 6.03. The van der Waals surface area contributed by atoms with Gasteiger partial charge in [-0.05, 0) is 75.1 Å². The van der Waals surface area contributed by atoms with Crippen LogP contribution in [0.15, 0.2) is 23.1 Å². The van der Waals surface area contributed by atoms with Gasteiger partial charge in [-0.3, -0.25) is 4.79 Å². The minimum absolute atomic E-state index is 0.0604. The zero-order valence-electron chi connectivity index (χ0n) is 15.8. The molecule has 5 nitrogen and oxygen atoms in total. The van der Waals surface area contributed by atoms with Crippen LogP contribution in [0.3, 0.4) is 0 Å². The van der Waals surface area contributed by atoms with Gasteiger partial charge in [-0.25, -0.2) is 8.42 Å². The first kappa shape index (κ1) is 19.4. The van der Waals surface area contributed by atoms with E-state index in [1.54, 1.807) is 10.4 Å². The molecule has 3 rings (SSSR count). The van der Waals surface area contributed by atoms with E-state index in [1.165, 1.54) is 17.5 Å². The third-order valence-corrected chi connectivity index (χ3v) is 7.68. The number of benzene rings is 1. The number of hydrogen-bond acceptors (Lipinski definition) is 3. The standard InChI is InChI=1S/C20H30N2O3S/c1-3-15(2)21-20(23)17-10-12-22(13-11-17)26(24,25)19-9-8-16-6-4-5-7-18(16)14-19/h8-9,14-15,17H,3-7,10-13H2,1-2H3,(H,21,23)/t15-/m1/s1. The highest BCUT2D eigenvalue weighted by Gasteiger charge is 2.32. The van der Waals surface area contributed by atoms with Crippen molar-refractivity contribution in [3.8, 4) is 0 Å². The summed E-state index contributed by atoms with van der Waals surface area (Å²) in [4.78, 5) is 12.7. The Bertz CT molecular complexity index is 752. The summed E-state index contributed by atoms with van der Waals surface area (Å²) in [6.45, 7) is 4.86. The summed E-state index contributed by atoms with van der Waals surface area (Å²) in [5.41, 5.74) is 2.47. The number of piperidine rings is 1. The van der Waals surface area contributed by atoms with Crippen molar-refractivity contribution in [3.63, 3.8) is 0 Å². The lowest BCUT2D eigenvalue weighted by atomic mass is 9.92. The maximum absolute atomic E-state index is 13.0. The second-order valence-electron chi connectivity index (χ2n) is 7.63. The second-order valence-corrected chi connectivity index (χ2v) is 9.57. The Morgan fingerprint density at radius 3 is 2.50 bits per heavy atom. The van der Waals surface area contributed by atoms with E-state index in [0.29, 0.717) is 30.8 Å². The average Bonchev–Trinajstić information content (AvgIpc) is 2.67. The van der Waals surface area contributed by atoms with Crippen molar-refractivity contribution in [1.29, 1.82) is 0 Å². The highest BCUT2D eigenvalue weighted by molar-refractivity contribution is 7.89. The summed E-state index contributed by atoms with van der Waals surface area (Å²) in [6, 6.07) is 5.76. The van der Waals surface area contributed by atoms with E-state index in [1.807, 2.05) is 26.0 Å². The van der Waals surface area contributed by atoms with Gasteiger partial charge in [-0.1, -0.05) is 13.0 Å². The predicted molar refractivity (Wildman–Crippen MR) is 102 cm³/mol. The molecule has 1 aromatic carbocycles. The second kappa shape index (κ2) is 8.09. The third kappa shape index (κ3) is 4.12. The van der Waals surface area contributed by atoms with E-state index in [-0.39, 0.29) is 17.9 Å². The van der Waals surface area contributed by atoms with Crippen LogP contribution in [0, 0.1) is 5.92 Å². The smallest absolute Gasteiger partial charge is 0.243 e. The van der Waals surface area contributed by atoms with E-state index in [4.69, 9.17) is 0 Å². The molecule has 0 bridgehead atoms. The van der Waals surface area contributed by atoms with Crippen molar-refractivity contribution in [2.45, 2.75) is 69.7 Å². The molecule has 1 N–H and O–H groups in total. The Morgan fingerprint density at radius 2 is 1.85 bits per heavy atom. The minimum Gasteiger partial charge on any atom is -0.353 e. The number of amides is 1. The summed E-state index contributed by atoms with van der Waals surface area (Å²) in [5, 5.41) is 3.01. The van der Waals surface area contributed by atoms with Crippen LogP contribution < -0.4 is 5.32 Å². The largest absolute Gasteiger partial charge is 0.353 e.